The van der Waals surface area contributed by atoms with Crippen molar-refractivity contribution in [1.82, 2.24) is 0 Å². The molecule has 24 heavy (non-hydrogen) atoms. The topological polar surface area (TPSA) is 54.0 Å². The maximum absolute atomic E-state index is 13.9. The molecule has 0 N–H and O–H groups in total. The summed E-state index contributed by atoms with van der Waals surface area (Å²) in [5, 5.41) is 0. The van der Waals surface area contributed by atoms with Gasteiger partial charge in [0, 0.05) is 16.1 Å². The first kappa shape index (κ1) is 16.6. The Kier molecular flexibility index (Phi) is 4.89. The van der Waals surface area contributed by atoms with E-state index in [9.17, 15) is 9.18 Å². The van der Waals surface area contributed by atoms with Crippen molar-refractivity contribution in [1.29, 1.82) is 0 Å². The van der Waals surface area contributed by atoms with Crippen molar-refractivity contribution in [3.63, 3.8) is 0 Å². The van der Waals surface area contributed by atoms with E-state index < -0.39 is 11.8 Å². The minimum Gasteiger partial charge on any atom is -0.497 e. The summed E-state index contributed by atoms with van der Waals surface area (Å²) >= 11 is 3.40. The van der Waals surface area contributed by atoms with Gasteiger partial charge < -0.3 is 18.9 Å². The fraction of sp³-hybridized carbons (Fsp3) is 0.235. The summed E-state index contributed by atoms with van der Waals surface area (Å²) in [5.41, 5.74) is 0.547. The van der Waals surface area contributed by atoms with E-state index in [0.717, 1.165) is 10.5 Å². The van der Waals surface area contributed by atoms with E-state index in [2.05, 4.69) is 15.9 Å². The van der Waals surface area contributed by atoms with Crippen molar-refractivity contribution in [2.24, 2.45) is 0 Å². The van der Waals surface area contributed by atoms with E-state index in [0.29, 0.717) is 36.0 Å². The summed E-state index contributed by atoms with van der Waals surface area (Å²) in [6, 6.07) is 7.45. The van der Waals surface area contributed by atoms with Gasteiger partial charge in [-0.1, -0.05) is 15.9 Å². The number of fused-ring (bicyclic) bond motifs is 1. The van der Waals surface area contributed by atoms with Crippen LogP contribution < -0.4 is 14.2 Å². The molecule has 5 nitrogen and oxygen atoms in total. The maximum Gasteiger partial charge on any atom is 0.341 e. The number of carbonyl (C=O) groups is 1. The lowest BCUT2D eigenvalue weighted by Gasteiger charge is -2.20. The Balaban J connectivity index is 1.72. The first-order chi connectivity index (χ1) is 11.6. The quantitative estimate of drug-likeness (QED) is 0.737. The largest absolute Gasteiger partial charge is 0.497 e. The smallest absolute Gasteiger partial charge is 0.341 e. The Morgan fingerprint density at radius 3 is 2.58 bits per heavy atom. The van der Waals surface area contributed by atoms with Crippen LogP contribution in [0.2, 0.25) is 0 Å². The van der Waals surface area contributed by atoms with Crippen LogP contribution >= 0.6 is 15.9 Å². The molecule has 0 atom stereocenters. The second-order valence-electron chi connectivity index (χ2n) is 5.01. The molecule has 0 aromatic heterocycles. The van der Waals surface area contributed by atoms with Gasteiger partial charge in [-0.25, -0.2) is 9.18 Å². The van der Waals surface area contributed by atoms with Crippen LogP contribution in [-0.2, 0) is 11.3 Å². The standard InChI is InChI=1S/C17H14BrFO5/c1-21-11-2-3-12(14(19)7-11)17(20)24-9-10-6-15-16(8-13(10)18)23-5-4-22-15/h2-3,6-8H,4-5,9H2,1H3. The third kappa shape index (κ3) is 3.46. The molecule has 1 aliphatic rings. The highest BCUT2D eigenvalue weighted by molar-refractivity contribution is 9.10. The molecule has 1 aliphatic heterocycles. The number of rotatable bonds is 4. The average molecular weight is 397 g/mol. The molecule has 0 aliphatic carbocycles. The number of benzene rings is 2. The summed E-state index contributed by atoms with van der Waals surface area (Å²) in [4.78, 5) is 12.1. The normalized spacial score (nSPS) is 12.6. The van der Waals surface area contributed by atoms with Gasteiger partial charge in [0.15, 0.2) is 11.5 Å². The second-order valence-corrected chi connectivity index (χ2v) is 5.86. The van der Waals surface area contributed by atoms with Gasteiger partial charge in [0.05, 0.1) is 12.7 Å². The number of ether oxygens (including phenoxy) is 4. The fourth-order valence-corrected chi connectivity index (χ4v) is 2.66. The van der Waals surface area contributed by atoms with Gasteiger partial charge in [0.2, 0.25) is 0 Å². The van der Waals surface area contributed by atoms with Crippen molar-refractivity contribution in [2.75, 3.05) is 20.3 Å². The first-order valence-electron chi connectivity index (χ1n) is 7.17. The number of hydrogen-bond acceptors (Lipinski definition) is 5. The molecule has 0 bridgehead atoms. The second kappa shape index (κ2) is 7.09. The van der Waals surface area contributed by atoms with Crippen LogP contribution in [0, 0.1) is 5.82 Å². The lowest BCUT2D eigenvalue weighted by molar-refractivity contribution is 0.0465. The number of carbonyl (C=O) groups excluding carboxylic acids is 1. The molecule has 0 saturated carbocycles. The molecule has 2 aromatic rings. The third-order valence-electron chi connectivity index (χ3n) is 3.47. The molecule has 126 valence electrons. The number of methoxy groups -OCH3 is 1. The number of halogens is 2. The molecule has 0 amide bonds. The molecule has 1 heterocycles. The van der Waals surface area contributed by atoms with Crippen molar-refractivity contribution in [3.05, 3.63) is 51.7 Å². The van der Waals surface area contributed by atoms with Gasteiger partial charge in [0.25, 0.3) is 0 Å². The van der Waals surface area contributed by atoms with Crippen LogP contribution in [0.15, 0.2) is 34.8 Å². The number of hydrogen-bond donors (Lipinski definition) is 0. The molecule has 3 rings (SSSR count). The maximum atomic E-state index is 13.9. The van der Waals surface area contributed by atoms with Gasteiger partial charge in [-0.05, 0) is 24.3 Å². The average Bonchev–Trinajstić information content (AvgIpc) is 2.59. The molecule has 0 unspecified atom stereocenters. The third-order valence-corrected chi connectivity index (χ3v) is 4.20. The number of esters is 1. The van der Waals surface area contributed by atoms with Crippen LogP contribution in [0.1, 0.15) is 15.9 Å². The Morgan fingerprint density at radius 2 is 1.92 bits per heavy atom. The van der Waals surface area contributed by atoms with Gasteiger partial charge in [-0.2, -0.15) is 0 Å². The molecular weight excluding hydrogens is 383 g/mol. The molecular formula is C17H14BrFO5. The molecule has 0 fully saturated rings. The molecule has 0 spiro atoms. The van der Waals surface area contributed by atoms with Crippen molar-refractivity contribution >= 4 is 21.9 Å². The molecule has 2 aromatic carbocycles. The first-order valence-corrected chi connectivity index (χ1v) is 7.96. The lowest BCUT2D eigenvalue weighted by atomic mass is 10.2. The summed E-state index contributed by atoms with van der Waals surface area (Å²) < 4.78 is 35.7. The highest BCUT2D eigenvalue weighted by Crippen LogP contribution is 2.35. The van der Waals surface area contributed by atoms with Crippen molar-refractivity contribution < 1.29 is 28.1 Å². The zero-order valence-corrected chi connectivity index (χ0v) is 14.4. The van der Waals surface area contributed by atoms with Crippen LogP contribution in [0.4, 0.5) is 4.39 Å². The zero-order chi connectivity index (χ0) is 17.1. The monoisotopic (exact) mass is 396 g/mol. The predicted octanol–water partition coefficient (Wildman–Crippen LogP) is 3.73. The Labute approximate surface area is 146 Å². The summed E-state index contributed by atoms with van der Waals surface area (Å²) in [7, 11) is 1.42. The predicted molar refractivity (Wildman–Crippen MR) is 87.2 cm³/mol. The zero-order valence-electron chi connectivity index (χ0n) is 12.8. The minimum atomic E-state index is -0.753. The summed E-state index contributed by atoms with van der Waals surface area (Å²) in [5.74, 6) is 0.103. The fourth-order valence-electron chi connectivity index (χ4n) is 2.23. The van der Waals surface area contributed by atoms with E-state index >= 15 is 0 Å². The molecule has 7 heteroatoms. The highest BCUT2D eigenvalue weighted by Gasteiger charge is 2.18. The van der Waals surface area contributed by atoms with Crippen LogP contribution in [-0.4, -0.2) is 26.3 Å². The van der Waals surface area contributed by atoms with Crippen LogP contribution in [0.3, 0.4) is 0 Å². The van der Waals surface area contributed by atoms with E-state index in [4.69, 9.17) is 18.9 Å². The van der Waals surface area contributed by atoms with E-state index in [1.165, 1.54) is 19.2 Å². The molecule has 0 saturated heterocycles. The van der Waals surface area contributed by atoms with E-state index in [-0.39, 0.29) is 12.2 Å². The van der Waals surface area contributed by atoms with E-state index in [1.807, 2.05) is 0 Å². The SMILES string of the molecule is COc1ccc(C(=O)OCc2cc3c(cc2Br)OCCO3)c(F)c1. The van der Waals surface area contributed by atoms with Gasteiger partial charge in [-0.15, -0.1) is 0 Å². The van der Waals surface area contributed by atoms with Gasteiger partial charge >= 0.3 is 5.97 Å². The Hall–Kier alpha value is -2.28. The Bertz CT molecular complexity index is 778. The van der Waals surface area contributed by atoms with Gasteiger partial charge in [0.1, 0.15) is 31.4 Å². The van der Waals surface area contributed by atoms with Crippen LogP contribution in [0.25, 0.3) is 0 Å². The van der Waals surface area contributed by atoms with Crippen LogP contribution in [0.5, 0.6) is 17.2 Å². The van der Waals surface area contributed by atoms with Crippen molar-refractivity contribution in [3.8, 4) is 17.2 Å². The van der Waals surface area contributed by atoms with Crippen molar-refractivity contribution in [2.45, 2.75) is 6.61 Å². The lowest BCUT2D eigenvalue weighted by Crippen LogP contribution is -2.16. The van der Waals surface area contributed by atoms with Gasteiger partial charge in [-0.3, -0.25) is 0 Å². The minimum absolute atomic E-state index is 0.0263. The summed E-state index contributed by atoms with van der Waals surface area (Å²) in [6.45, 7) is 0.928. The Morgan fingerprint density at radius 1 is 1.21 bits per heavy atom. The van der Waals surface area contributed by atoms with E-state index in [1.54, 1.807) is 12.1 Å². The summed E-state index contributed by atoms with van der Waals surface area (Å²) in [6.07, 6.45) is 0. The highest BCUT2D eigenvalue weighted by atomic mass is 79.9. The molecule has 0 radical (unpaired) electrons.